The van der Waals surface area contributed by atoms with Gasteiger partial charge in [0.25, 0.3) is 0 Å². The van der Waals surface area contributed by atoms with E-state index in [9.17, 15) is 9.90 Å². The lowest BCUT2D eigenvalue weighted by atomic mass is 9.99. The van der Waals surface area contributed by atoms with E-state index >= 15 is 0 Å². The van der Waals surface area contributed by atoms with E-state index in [0.717, 1.165) is 0 Å². The van der Waals surface area contributed by atoms with Gasteiger partial charge in [-0.2, -0.15) is 0 Å². The van der Waals surface area contributed by atoms with Gasteiger partial charge in [-0.05, 0) is 31.5 Å². The van der Waals surface area contributed by atoms with E-state index < -0.39 is 20.0 Å². The van der Waals surface area contributed by atoms with Gasteiger partial charge < -0.3 is 14.3 Å². The first-order valence-electron chi connectivity index (χ1n) is 5.84. The number of rotatable bonds is 5. The molecule has 3 nitrogen and oxygen atoms in total. The summed E-state index contributed by atoms with van der Waals surface area (Å²) in [4.78, 5) is 10.8. The van der Waals surface area contributed by atoms with Crippen LogP contribution in [0.25, 0.3) is 0 Å². The number of carbonyl (C=O) groups is 1. The lowest BCUT2D eigenvalue weighted by molar-refractivity contribution is -0.132. The third-order valence-corrected chi connectivity index (χ3v) is 7.99. The van der Waals surface area contributed by atoms with Crippen LogP contribution >= 0.6 is 0 Å². The van der Waals surface area contributed by atoms with Crippen molar-refractivity contribution in [3.8, 4) is 0 Å². The molecular weight excluding hydrogens is 220 g/mol. The summed E-state index contributed by atoms with van der Waals surface area (Å²) >= 11 is 0. The highest BCUT2D eigenvalue weighted by Crippen LogP contribution is 2.38. The molecule has 0 aromatic rings. The second-order valence-corrected chi connectivity index (χ2v) is 10.9. The van der Waals surface area contributed by atoms with E-state index in [1.165, 1.54) is 6.92 Å². The fourth-order valence-corrected chi connectivity index (χ4v) is 2.69. The van der Waals surface area contributed by atoms with Crippen LogP contribution in [0.15, 0.2) is 0 Å². The summed E-state index contributed by atoms with van der Waals surface area (Å²) in [6, 6.07) is 0. The topological polar surface area (TPSA) is 46.5 Å². The minimum absolute atomic E-state index is 0.0827. The average Bonchev–Trinajstić information content (AvgIpc) is 2.12. The van der Waals surface area contributed by atoms with Gasteiger partial charge in [0.05, 0.1) is 6.10 Å². The number of carbonyl (C=O) groups excluding carboxylic acids is 1. The second kappa shape index (κ2) is 4.98. The standard InChI is InChI=1S/C12H26O3Si/c1-8-10(12(5,14)9-13)15-16(6,7)11(2,3)4/h9-10,14H,8H2,1-7H3/t10?,12-/m0/s1. The maximum absolute atomic E-state index is 10.8. The molecule has 0 saturated heterocycles. The summed E-state index contributed by atoms with van der Waals surface area (Å²) in [6.45, 7) is 14.1. The van der Waals surface area contributed by atoms with E-state index in [1.54, 1.807) is 0 Å². The Labute approximate surface area is 100 Å². The van der Waals surface area contributed by atoms with Gasteiger partial charge in [0.15, 0.2) is 14.6 Å². The Morgan fingerprint density at radius 1 is 1.31 bits per heavy atom. The summed E-state index contributed by atoms with van der Waals surface area (Å²) < 4.78 is 6.06. The molecule has 0 saturated carbocycles. The van der Waals surface area contributed by atoms with Crippen molar-refractivity contribution in [2.45, 2.75) is 70.9 Å². The highest BCUT2D eigenvalue weighted by atomic mass is 28.4. The first-order chi connectivity index (χ1) is 6.98. The number of hydrogen-bond donors (Lipinski definition) is 1. The molecule has 0 amide bonds. The van der Waals surface area contributed by atoms with Gasteiger partial charge in [0, 0.05) is 0 Å². The van der Waals surface area contributed by atoms with Crippen molar-refractivity contribution >= 4 is 14.6 Å². The molecule has 0 fully saturated rings. The minimum Gasteiger partial charge on any atom is -0.411 e. The Kier molecular flexibility index (Phi) is 4.92. The monoisotopic (exact) mass is 246 g/mol. The van der Waals surface area contributed by atoms with Crippen molar-refractivity contribution in [1.29, 1.82) is 0 Å². The fraction of sp³-hybridized carbons (Fsp3) is 0.917. The fourth-order valence-electron chi connectivity index (χ4n) is 1.22. The summed E-state index contributed by atoms with van der Waals surface area (Å²) in [6.07, 6.45) is 0.804. The maximum atomic E-state index is 10.8. The normalized spacial score (nSPS) is 19.0. The highest BCUT2D eigenvalue weighted by Gasteiger charge is 2.43. The number of aldehydes is 1. The van der Waals surface area contributed by atoms with Crippen molar-refractivity contribution in [1.82, 2.24) is 0 Å². The molecule has 0 spiro atoms. The lowest BCUT2D eigenvalue weighted by Crippen LogP contribution is -2.51. The van der Waals surface area contributed by atoms with Crippen LogP contribution in [0.2, 0.25) is 18.1 Å². The summed E-state index contributed by atoms with van der Waals surface area (Å²) in [7, 11) is -1.93. The largest absolute Gasteiger partial charge is 0.411 e. The van der Waals surface area contributed by atoms with Crippen LogP contribution in [-0.4, -0.2) is 31.4 Å². The number of hydrogen-bond acceptors (Lipinski definition) is 3. The van der Waals surface area contributed by atoms with Crippen molar-refractivity contribution in [2.75, 3.05) is 0 Å². The Morgan fingerprint density at radius 2 is 1.75 bits per heavy atom. The third-order valence-electron chi connectivity index (χ3n) is 3.50. The van der Waals surface area contributed by atoms with E-state index in [4.69, 9.17) is 4.43 Å². The Morgan fingerprint density at radius 3 is 2.00 bits per heavy atom. The highest BCUT2D eigenvalue weighted by molar-refractivity contribution is 6.74. The van der Waals surface area contributed by atoms with Crippen LogP contribution in [0.3, 0.4) is 0 Å². The van der Waals surface area contributed by atoms with Gasteiger partial charge in [0.2, 0.25) is 0 Å². The Hall–Kier alpha value is -0.193. The molecule has 4 heteroatoms. The molecule has 0 rings (SSSR count). The molecule has 96 valence electrons. The van der Waals surface area contributed by atoms with E-state index in [2.05, 4.69) is 33.9 Å². The minimum atomic E-state index is -1.93. The Bertz CT molecular complexity index is 241. The Balaban J connectivity index is 4.87. The molecule has 1 N–H and O–H groups in total. The predicted octanol–water partition coefficient (Wildman–Crippen LogP) is 2.74. The van der Waals surface area contributed by atoms with Crippen molar-refractivity contribution in [3.05, 3.63) is 0 Å². The van der Waals surface area contributed by atoms with Gasteiger partial charge in [0.1, 0.15) is 5.60 Å². The number of aliphatic hydroxyl groups is 1. The van der Waals surface area contributed by atoms with Crippen LogP contribution in [0, 0.1) is 0 Å². The molecule has 0 bridgehead atoms. The molecular formula is C12H26O3Si. The predicted molar refractivity (Wildman–Crippen MR) is 69.0 cm³/mol. The molecule has 0 aliphatic rings. The van der Waals surface area contributed by atoms with Crippen LogP contribution in [0.1, 0.15) is 41.0 Å². The zero-order valence-corrected chi connectivity index (χ0v) is 12.6. The molecule has 2 atom stereocenters. The van der Waals surface area contributed by atoms with Crippen molar-refractivity contribution < 1.29 is 14.3 Å². The van der Waals surface area contributed by atoms with Crippen LogP contribution in [-0.2, 0) is 9.22 Å². The first-order valence-corrected chi connectivity index (χ1v) is 8.75. The zero-order valence-electron chi connectivity index (χ0n) is 11.6. The quantitative estimate of drug-likeness (QED) is 0.599. The van der Waals surface area contributed by atoms with E-state index in [-0.39, 0.29) is 5.04 Å². The van der Waals surface area contributed by atoms with E-state index in [1.807, 2.05) is 6.92 Å². The molecule has 0 heterocycles. The molecule has 0 aromatic carbocycles. The third kappa shape index (κ3) is 3.68. The lowest BCUT2D eigenvalue weighted by Gasteiger charge is -2.41. The SMILES string of the molecule is CCC(O[Si](C)(C)C(C)(C)C)[C@@](C)(O)C=O. The van der Waals surface area contributed by atoms with E-state index in [0.29, 0.717) is 12.7 Å². The van der Waals surface area contributed by atoms with Crippen LogP contribution < -0.4 is 0 Å². The van der Waals surface area contributed by atoms with Crippen molar-refractivity contribution in [2.24, 2.45) is 0 Å². The smallest absolute Gasteiger partial charge is 0.192 e. The molecule has 0 aromatic heterocycles. The van der Waals surface area contributed by atoms with Gasteiger partial charge in [-0.15, -0.1) is 0 Å². The summed E-state index contributed by atoms with van der Waals surface area (Å²) in [5.41, 5.74) is -1.38. The second-order valence-electron chi connectivity index (χ2n) is 6.12. The summed E-state index contributed by atoms with van der Waals surface area (Å²) in [5, 5.41) is 10.0. The van der Waals surface area contributed by atoms with Gasteiger partial charge in [-0.25, -0.2) is 0 Å². The van der Waals surface area contributed by atoms with Gasteiger partial charge in [-0.1, -0.05) is 27.7 Å². The molecule has 16 heavy (non-hydrogen) atoms. The van der Waals surface area contributed by atoms with Crippen molar-refractivity contribution in [3.63, 3.8) is 0 Å². The summed E-state index contributed by atoms with van der Waals surface area (Å²) in [5.74, 6) is 0. The van der Waals surface area contributed by atoms with Gasteiger partial charge >= 0.3 is 0 Å². The van der Waals surface area contributed by atoms with Gasteiger partial charge in [-0.3, -0.25) is 0 Å². The molecule has 1 unspecified atom stereocenters. The average molecular weight is 246 g/mol. The first kappa shape index (κ1) is 15.8. The maximum Gasteiger partial charge on any atom is 0.192 e. The molecule has 0 aliphatic heterocycles. The zero-order chi connectivity index (χ0) is 13.2. The van der Waals surface area contributed by atoms with Crippen LogP contribution in [0.5, 0.6) is 0 Å². The van der Waals surface area contributed by atoms with Crippen LogP contribution in [0.4, 0.5) is 0 Å². The molecule has 0 radical (unpaired) electrons. The molecule has 0 aliphatic carbocycles.